The largest absolute Gasteiger partial charge is 0.386 e. The number of rotatable bonds is 25. The van der Waals surface area contributed by atoms with Crippen molar-refractivity contribution in [2.24, 2.45) is 0 Å². The van der Waals surface area contributed by atoms with Crippen molar-refractivity contribution in [2.75, 3.05) is 24.0 Å². The number of benzene rings is 5. The molecule has 2 amide bonds. The maximum absolute atomic E-state index is 14.6. The van der Waals surface area contributed by atoms with Crippen molar-refractivity contribution in [3.05, 3.63) is 70.8 Å². The molecule has 0 radical (unpaired) electrons. The Morgan fingerprint density at radius 1 is 0.439 bits per heavy atom. The van der Waals surface area contributed by atoms with Crippen LogP contribution in [0.4, 0.5) is 0 Å². The predicted octanol–water partition coefficient (Wildman–Crippen LogP) is 14.1. The van der Waals surface area contributed by atoms with Gasteiger partial charge in [-0.3, -0.25) is 14.5 Å². The minimum absolute atomic E-state index is 0.127. The fourth-order valence-corrected chi connectivity index (χ4v) is 11.9. The highest BCUT2D eigenvalue weighted by molar-refractivity contribution is 8.76. The van der Waals surface area contributed by atoms with E-state index in [1.54, 1.807) is 17.0 Å². The first kappa shape index (κ1) is 42.2. The van der Waals surface area contributed by atoms with Crippen molar-refractivity contribution >= 4 is 110 Å². The fraction of sp³-hybridized carbons (Fsp3) is 0.489. The van der Waals surface area contributed by atoms with Gasteiger partial charge in [0.05, 0.1) is 11.1 Å². The first-order chi connectivity index (χ1) is 28.0. The van der Waals surface area contributed by atoms with Gasteiger partial charge in [-0.2, -0.15) is 0 Å². The van der Waals surface area contributed by atoms with Gasteiger partial charge < -0.3 is 4.74 Å². The Labute approximate surface area is 353 Å². The Morgan fingerprint density at radius 2 is 0.772 bits per heavy atom. The molecule has 7 rings (SSSR count). The third-order valence-electron chi connectivity index (χ3n) is 12.1. The predicted molar refractivity (Wildman–Crippen MR) is 247 cm³/mol. The number of amides is 2. The molecule has 0 atom stereocenters. The molecule has 0 saturated carbocycles. The molecule has 2 heterocycles. The second-order valence-corrected chi connectivity index (χ2v) is 21.0. The van der Waals surface area contributed by atoms with Crippen LogP contribution in [0.15, 0.2) is 48.5 Å². The molecule has 2 aliphatic rings. The van der Waals surface area contributed by atoms with E-state index < -0.39 is 11.9 Å². The fourth-order valence-electron chi connectivity index (χ4n) is 9.24. The molecule has 0 bridgehead atoms. The van der Waals surface area contributed by atoms with E-state index in [1.165, 1.54) is 88.6 Å². The molecule has 0 N–H and O–H groups in total. The third kappa shape index (κ3) is 9.14. The smallest absolute Gasteiger partial charge is 0.346 e. The van der Waals surface area contributed by atoms with Crippen LogP contribution in [0.1, 0.15) is 157 Å². The van der Waals surface area contributed by atoms with Crippen LogP contribution in [-0.4, -0.2) is 58.7 Å². The molecule has 2 aliphatic heterocycles. The van der Waals surface area contributed by atoms with Crippen LogP contribution in [-0.2, 0) is 4.74 Å². The highest BCUT2D eigenvalue weighted by atomic mass is 33.1. The molecular weight excluding hydrogens is 787 g/mol. The standard InChI is InChI=1S/C47H55NO5S4/c1-54-56-29-17-13-9-5-3-7-11-15-19-31(20-16-12-8-4-6-10-14-18-30-57-55-2)48-44(49)36-25-21-32-34-23-27-38-43-39(47(52)53-46(38)51)28-24-35(41(34)43)33-22-26-37(45(48)50)42(36)40(32)33/h21-28,31H,3-20,29-30H2,1-2H3. The van der Waals surface area contributed by atoms with Gasteiger partial charge in [0.25, 0.3) is 11.8 Å². The van der Waals surface area contributed by atoms with Crippen molar-refractivity contribution in [3.63, 3.8) is 0 Å². The molecule has 5 aromatic carbocycles. The highest BCUT2D eigenvalue weighted by Crippen LogP contribution is 2.46. The number of esters is 2. The molecule has 6 nitrogen and oxygen atoms in total. The van der Waals surface area contributed by atoms with E-state index in [0.717, 1.165) is 70.8 Å². The van der Waals surface area contributed by atoms with Gasteiger partial charge in [-0.25, -0.2) is 9.59 Å². The summed E-state index contributed by atoms with van der Waals surface area (Å²) in [5.41, 5.74) is 1.91. The number of unbranched alkanes of at least 4 members (excludes halogenated alkanes) is 14. The van der Waals surface area contributed by atoms with Crippen LogP contribution in [0.3, 0.4) is 0 Å². The monoisotopic (exact) mass is 841 g/mol. The quantitative estimate of drug-likeness (QED) is 0.0108. The number of carbonyl (C=O) groups is 4. The number of ether oxygens (including phenoxy) is 1. The van der Waals surface area contributed by atoms with Gasteiger partial charge >= 0.3 is 11.9 Å². The molecule has 0 aliphatic carbocycles. The van der Waals surface area contributed by atoms with Gasteiger partial charge in [-0.15, -0.1) is 0 Å². The van der Waals surface area contributed by atoms with Gasteiger partial charge in [-0.05, 0) is 94.8 Å². The summed E-state index contributed by atoms with van der Waals surface area (Å²) in [5, 5.41) is 6.59. The van der Waals surface area contributed by atoms with Crippen molar-refractivity contribution in [3.8, 4) is 0 Å². The van der Waals surface area contributed by atoms with Crippen LogP contribution in [0.2, 0.25) is 0 Å². The van der Waals surface area contributed by atoms with E-state index in [9.17, 15) is 19.2 Å². The van der Waals surface area contributed by atoms with E-state index in [2.05, 4.69) is 12.5 Å². The Balaban J connectivity index is 1.09. The summed E-state index contributed by atoms with van der Waals surface area (Å²) in [7, 11) is 7.61. The zero-order valence-electron chi connectivity index (χ0n) is 33.5. The molecule has 0 fully saturated rings. The Hall–Kier alpha value is -2.92. The summed E-state index contributed by atoms with van der Waals surface area (Å²) < 4.78 is 5.04. The van der Waals surface area contributed by atoms with Gasteiger partial charge in [-0.1, -0.05) is 157 Å². The first-order valence-corrected chi connectivity index (χ1v) is 26.6. The van der Waals surface area contributed by atoms with Crippen LogP contribution in [0, 0.1) is 0 Å². The van der Waals surface area contributed by atoms with E-state index >= 15 is 0 Å². The first-order valence-electron chi connectivity index (χ1n) is 21.1. The molecule has 0 spiro atoms. The van der Waals surface area contributed by atoms with Crippen molar-refractivity contribution in [1.29, 1.82) is 0 Å². The number of nitrogens with zero attached hydrogens (tertiary/aromatic N) is 1. The SMILES string of the molecule is CSSCCCCCCCCCCC(CCCCCCCCCCSSC)N1C(=O)c2ccc3c4ccc5c6c(ccc(c7ccc(c2c37)C1=O)c64)C(=O)OC5=O. The number of hydrogen-bond acceptors (Lipinski definition) is 9. The summed E-state index contributed by atoms with van der Waals surface area (Å²) >= 11 is 0. The molecule has 302 valence electrons. The topological polar surface area (TPSA) is 80.8 Å². The minimum Gasteiger partial charge on any atom is -0.386 e. The summed E-state index contributed by atoms with van der Waals surface area (Å²) in [6.07, 6.45) is 25.5. The molecular formula is C47H55NO5S4. The molecule has 5 aromatic rings. The van der Waals surface area contributed by atoms with Crippen LogP contribution in [0.25, 0.3) is 43.1 Å². The zero-order chi connectivity index (χ0) is 39.7. The number of fused-ring (bicyclic) bond motifs is 2. The van der Waals surface area contributed by atoms with Gasteiger partial charge in [0, 0.05) is 39.4 Å². The molecule has 0 unspecified atom stereocenters. The van der Waals surface area contributed by atoms with E-state index in [0.29, 0.717) is 33.0 Å². The van der Waals surface area contributed by atoms with Gasteiger partial charge in [0.2, 0.25) is 0 Å². The third-order valence-corrected chi connectivity index (χ3v) is 15.9. The lowest BCUT2D eigenvalue weighted by Crippen LogP contribution is -2.47. The number of cyclic esters (lactones) is 2. The maximum Gasteiger partial charge on any atom is 0.346 e. The normalized spacial score (nSPS) is 14.1. The molecule has 57 heavy (non-hydrogen) atoms. The van der Waals surface area contributed by atoms with E-state index in [1.807, 2.05) is 79.6 Å². The van der Waals surface area contributed by atoms with Gasteiger partial charge in [0.1, 0.15) is 0 Å². The summed E-state index contributed by atoms with van der Waals surface area (Å²) in [4.78, 5) is 56.4. The minimum atomic E-state index is -0.642. The number of imide groups is 1. The van der Waals surface area contributed by atoms with E-state index in [4.69, 9.17) is 4.74 Å². The second-order valence-electron chi connectivity index (χ2n) is 15.7. The lowest BCUT2D eigenvalue weighted by Gasteiger charge is -2.35. The maximum atomic E-state index is 14.6. The van der Waals surface area contributed by atoms with Crippen LogP contribution < -0.4 is 0 Å². The molecule has 10 heteroatoms. The van der Waals surface area contributed by atoms with Gasteiger partial charge in [0.15, 0.2) is 0 Å². The van der Waals surface area contributed by atoms with Crippen LogP contribution >= 0.6 is 43.2 Å². The average Bonchev–Trinajstić information content (AvgIpc) is 3.22. The van der Waals surface area contributed by atoms with Crippen molar-refractivity contribution in [2.45, 2.75) is 122 Å². The van der Waals surface area contributed by atoms with E-state index in [-0.39, 0.29) is 17.9 Å². The zero-order valence-corrected chi connectivity index (χ0v) is 36.7. The van der Waals surface area contributed by atoms with Crippen LogP contribution in [0.5, 0.6) is 0 Å². The molecule has 0 aromatic heterocycles. The molecule has 0 saturated heterocycles. The summed E-state index contributed by atoms with van der Waals surface area (Å²) in [6.45, 7) is 0. The Bertz CT molecular complexity index is 2090. The summed E-state index contributed by atoms with van der Waals surface area (Å²) in [5.74, 6) is 0.817. The average molecular weight is 842 g/mol. The van der Waals surface area contributed by atoms with Crippen molar-refractivity contribution < 1.29 is 23.9 Å². The lowest BCUT2D eigenvalue weighted by molar-refractivity contribution is 0.0389. The Kier molecular flexibility index (Phi) is 15.1. The summed E-state index contributed by atoms with van der Waals surface area (Å²) in [6, 6.07) is 14.9. The Morgan fingerprint density at radius 3 is 1.16 bits per heavy atom. The van der Waals surface area contributed by atoms with Crippen molar-refractivity contribution in [1.82, 2.24) is 4.90 Å². The highest BCUT2D eigenvalue weighted by Gasteiger charge is 2.38. The second kappa shape index (κ2) is 20.4. The lowest BCUT2D eigenvalue weighted by atomic mass is 9.82. The number of hydrogen-bond donors (Lipinski definition) is 0. The number of carbonyl (C=O) groups excluding carboxylic acids is 4.